The maximum Gasteiger partial charge on any atom is 0.191 e. The molecule has 0 unspecified atom stereocenters. The molecular weight excluding hydrogens is 401 g/mol. The first-order valence-corrected chi connectivity index (χ1v) is 8.41. The molecule has 3 N–H and O–H groups in total. The van der Waals surface area contributed by atoms with Crippen LogP contribution in [0.15, 0.2) is 29.3 Å². The van der Waals surface area contributed by atoms with E-state index in [2.05, 4.69) is 53.7 Å². The molecule has 0 radical (unpaired) electrons. The monoisotopic (exact) mass is 431 g/mol. The summed E-state index contributed by atoms with van der Waals surface area (Å²) in [6.45, 7) is 6.41. The lowest BCUT2D eigenvalue weighted by Crippen LogP contribution is -2.50. The predicted molar refractivity (Wildman–Crippen MR) is 107 cm³/mol. The Kier molecular flexibility index (Phi) is 8.91. The molecule has 1 aromatic carbocycles. The van der Waals surface area contributed by atoms with Crippen LogP contribution in [-0.4, -0.2) is 29.8 Å². The molecule has 4 nitrogen and oxygen atoms in total. The SMILES string of the molecule is CCCCNC(=NCc1ccc(C)cc1)NCC1(O)CCC1.I. The van der Waals surface area contributed by atoms with Crippen molar-refractivity contribution in [3.8, 4) is 0 Å². The number of halogens is 1. The standard InChI is InChI=1S/C18H29N3O.HI/c1-3-4-12-19-17(21-14-18(22)10-5-11-18)20-13-16-8-6-15(2)7-9-16;/h6-9,22H,3-5,10-14H2,1-2H3,(H2,19,20,21);1H. The first-order valence-electron chi connectivity index (χ1n) is 8.41. The third-order valence-electron chi connectivity index (χ3n) is 4.23. The van der Waals surface area contributed by atoms with Crippen molar-refractivity contribution in [2.45, 2.75) is 58.1 Å². The van der Waals surface area contributed by atoms with Gasteiger partial charge in [0.25, 0.3) is 0 Å². The van der Waals surface area contributed by atoms with Crippen molar-refractivity contribution in [2.24, 2.45) is 4.99 Å². The number of rotatable bonds is 7. The quantitative estimate of drug-likeness (QED) is 0.269. The molecule has 1 fully saturated rings. The van der Waals surface area contributed by atoms with Crippen LogP contribution in [0, 0.1) is 6.92 Å². The predicted octanol–water partition coefficient (Wildman–Crippen LogP) is 3.36. The van der Waals surface area contributed by atoms with Gasteiger partial charge in [0.1, 0.15) is 0 Å². The molecule has 0 aromatic heterocycles. The molecule has 0 saturated heterocycles. The number of unbranched alkanes of at least 4 members (excludes halogenated alkanes) is 1. The van der Waals surface area contributed by atoms with E-state index in [1.165, 1.54) is 11.1 Å². The number of aryl methyl sites for hydroxylation is 1. The molecule has 0 atom stereocenters. The Morgan fingerprint density at radius 1 is 1.22 bits per heavy atom. The van der Waals surface area contributed by atoms with Gasteiger partial charge in [-0.1, -0.05) is 43.2 Å². The molecule has 1 aromatic rings. The lowest BCUT2D eigenvalue weighted by atomic mass is 9.80. The second-order valence-electron chi connectivity index (χ2n) is 6.36. The lowest BCUT2D eigenvalue weighted by molar-refractivity contribution is -0.0279. The smallest absolute Gasteiger partial charge is 0.191 e. The maximum absolute atomic E-state index is 10.2. The second kappa shape index (κ2) is 10.1. The number of guanidine groups is 1. The van der Waals surface area contributed by atoms with E-state index in [4.69, 9.17) is 0 Å². The van der Waals surface area contributed by atoms with E-state index in [-0.39, 0.29) is 24.0 Å². The molecule has 0 aliphatic heterocycles. The van der Waals surface area contributed by atoms with Gasteiger partial charge < -0.3 is 15.7 Å². The average Bonchev–Trinajstić information content (AvgIpc) is 2.49. The van der Waals surface area contributed by atoms with E-state index in [9.17, 15) is 5.11 Å². The largest absolute Gasteiger partial charge is 0.388 e. The third kappa shape index (κ3) is 7.08. The summed E-state index contributed by atoms with van der Waals surface area (Å²) in [5.74, 6) is 0.800. The van der Waals surface area contributed by atoms with Crippen LogP contribution in [0.4, 0.5) is 0 Å². The van der Waals surface area contributed by atoms with Crippen LogP contribution in [0.2, 0.25) is 0 Å². The Balaban J connectivity index is 0.00000264. The van der Waals surface area contributed by atoms with Gasteiger partial charge in [0.05, 0.1) is 12.1 Å². The molecule has 5 heteroatoms. The number of nitrogens with one attached hydrogen (secondary N) is 2. The number of benzene rings is 1. The van der Waals surface area contributed by atoms with Crippen LogP contribution in [0.1, 0.15) is 50.2 Å². The Bertz CT molecular complexity index is 484. The number of hydrogen-bond donors (Lipinski definition) is 3. The van der Waals surface area contributed by atoms with Gasteiger partial charge >= 0.3 is 0 Å². The van der Waals surface area contributed by atoms with Gasteiger partial charge in [-0.2, -0.15) is 0 Å². The van der Waals surface area contributed by atoms with E-state index in [1.807, 2.05) is 0 Å². The Hall–Kier alpha value is -0.820. The Morgan fingerprint density at radius 2 is 1.91 bits per heavy atom. The van der Waals surface area contributed by atoms with Crippen LogP contribution < -0.4 is 10.6 Å². The van der Waals surface area contributed by atoms with Crippen LogP contribution >= 0.6 is 24.0 Å². The molecule has 1 saturated carbocycles. The van der Waals surface area contributed by atoms with E-state index in [1.54, 1.807) is 0 Å². The van der Waals surface area contributed by atoms with Gasteiger partial charge in [-0.15, -0.1) is 24.0 Å². The fourth-order valence-corrected chi connectivity index (χ4v) is 2.43. The summed E-state index contributed by atoms with van der Waals surface area (Å²) >= 11 is 0. The van der Waals surface area contributed by atoms with Crippen LogP contribution in [0.25, 0.3) is 0 Å². The summed E-state index contributed by atoms with van der Waals surface area (Å²) in [6, 6.07) is 8.45. The van der Waals surface area contributed by atoms with Crippen LogP contribution in [0.5, 0.6) is 0 Å². The molecule has 23 heavy (non-hydrogen) atoms. The van der Waals surface area contributed by atoms with Gasteiger partial charge in [0, 0.05) is 13.1 Å². The first kappa shape index (κ1) is 20.2. The molecule has 0 heterocycles. The summed E-state index contributed by atoms with van der Waals surface area (Å²) < 4.78 is 0. The molecule has 1 aliphatic rings. The maximum atomic E-state index is 10.2. The Labute approximate surface area is 157 Å². The van der Waals surface area contributed by atoms with Crippen molar-refractivity contribution in [3.05, 3.63) is 35.4 Å². The minimum Gasteiger partial charge on any atom is -0.388 e. The van der Waals surface area contributed by atoms with Gasteiger partial charge in [0.15, 0.2) is 5.96 Å². The van der Waals surface area contributed by atoms with Gasteiger partial charge in [0.2, 0.25) is 0 Å². The van der Waals surface area contributed by atoms with E-state index in [0.717, 1.165) is 44.6 Å². The normalized spacial score (nSPS) is 16.2. The zero-order chi connectivity index (χ0) is 15.8. The fraction of sp³-hybridized carbons (Fsp3) is 0.611. The van der Waals surface area contributed by atoms with Crippen molar-refractivity contribution in [2.75, 3.05) is 13.1 Å². The number of aliphatic hydroxyl groups is 1. The highest BCUT2D eigenvalue weighted by Gasteiger charge is 2.34. The van der Waals surface area contributed by atoms with Crippen LogP contribution in [-0.2, 0) is 6.54 Å². The van der Waals surface area contributed by atoms with E-state index < -0.39 is 5.60 Å². The van der Waals surface area contributed by atoms with Crippen molar-refractivity contribution in [3.63, 3.8) is 0 Å². The molecule has 0 amide bonds. The molecule has 130 valence electrons. The summed E-state index contributed by atoms with van der Waals surface area (Å²) in [5, 5.41) is 16.8. The highest BCUT2D eigenvalue weighted by Crippen LogP contribution is 2.30. The Morgan fingerprint density at radius 3 is 2.48 bits per heavy atom. The van der Waals surface area contributed by atoms with Gasteiger partial charge in [-0.05, 0) is 38.2 Å². The molecule has 0 bridgehead atoms. The number of hydrogen-bond acceptors (Lipinski definition) is 2. The average molecular weight is 431 g/mol. The molecule has 2 rings (SSSR count). The summed E-state index contributed by atoms with van der Waals surface area (Å²) in [5.41, 5.74) is 1.93. The molecule has 0 spiro atoms. The zero-order valence-corrected chi connectivity index (χ0v) is 16.6. The topological polar surface area (TPSA) is 56.7 Å². The van der Waals surface area contributed by atoms with Crippen LogP contribution in [0.3, 0.4) is 0 Å². The number of nitrogens with zero attached hydrogens (tertiary/aromatic N) is 1. The second-order valence-corrected chi connectivity index (χ2v) is 6.36. The molecular formula is C18H30IN3O. The van der Waals surface area contributed by atoms with Crippen molar-refractivity contribution < 1.29 is 5.11 Å². The van der Waals surface area contributed by atoms with Gasteiger partial charge in [-0.25, -0.2) is 4.99 Å². The summed E-state index contributed by atoms with van der Waals surface area (Å²) in [7, 11) is 0. The van der Waals surface area contributed by atoms with Crippen molar-refractivity contribution in [1.29, 1.82) is 0 Å². The minimum absolute atomic E-state index is 0. The summed E-state index contributed by atoms with van der Waals surface area (Å²) in [6.07, 6.45) is 5.18. The fourth-order valence-electron chi connectivity index (χ4n) is 2.43. The third-order valence-corrected chi connectivity index (χ3v) is 4.23. The minimum atomic E-state index is -0.531. The highest BCUT2D eigenvalue weighted by atomic mass is 127. The highest BCUT2D eigenvalue weighted by molar-refractivity contribution is 14.0. The lowest BCUT2D eigenvalue weighted by Gasteiger charge is -2.37. The zero-order valence-electron chi connectivity index (χ0n) is 14.3. The van der Waals surface area contributed by atoms with Crippen molar-refractivity contribution >= 4 is 29.9 Å². The van der Waals surface area contributed by atoms with E-state index in [0.29, 0.717) is 13.1 Å². The first-order chi connectivity index (χ1) is 10.6. The summed E-state index contributed by atoms with van der Waals surface area (Å²) in [4.78, 5) is 4.64. The number of aliphatic imine (C=N–C) groups is 1. The van der Waals surface area contributed by atoms with Crippen molar-refractivity contribution in [1.82, 2.24) is 10.6 Å². The van der Waals surface area contributed by atoms with Gasteiger partial charge in [-0.3, -0.25) is 0 Å². The molecule has 1 aliphatic carbocycles. The van der Waals surface area contributed by atoms with E-state index >= 15 is 0 Å².